The van der Waals surface area contributed by atoms with E-state index in [0.29, 0.717) is 6.61 Å². The van der Waals surface area contributed by atoms with Crippen molar-refractivity contribution in [3.8, 4) is 5.75 Å². The number of unbranched alkanes of at least 4 members (excludes halogenated alkanes) is 5. The summed E-state index contributed by atoms with van der Waals surface area (Å²) < 4.78 is 38.4. The zero-order valence-corrected chi connectivity index (χ0v) is 16.5. The summed E-state index contributed by atoms with van der Waals surface area (Å²) in [6.07, 6.45) is 8.79. The molecule has 0 unspecified atom stereocenters. The van der Waals surface area contributed by atoms with E-state index >= 15 is 0 Å². The Kier molecular flexibility index (Phi) is 10.8. The average Bonchev–Trinajstić information content (AvgIpc) is 2.59. The molecule has 0 spiro atoms. The van der Waals surface area contributed by atoms with Crippen LogP contribution >= 0.6 is 0 Å². The second-order valence-corrected chi connectivity index (χ2v) is 7.97. The molecule has 0 amide bonds. The molecule has 0 fully saturated rings. The van der Waals surface area contributed by atoms with Gasteiger partial charge >= 0.3 is 0 Å². The zero-order valence-electron chi connectivity index (χ0n) is 15.7. The minimum absolute atomic E-state index is 0.0734. The lowest BCUT2D eigenvalue weighted by molar-refractivity contribution is 0.00480. The van der Waals surface area contributed by atoms with E-state index in [0.717, 1.165) is 36.8 Å². The Labute approximate surface area is 152 Å². The first-order chi connectivity index (χ1) is 11.9. The van der Waals surface area contributed by atoms with Crippen molar-refractivity contribution < 1.29 is 22.1 Å². The number of methoxy groups -OCH3 is 1. The topological polar surface area (TPSA) is 61.8 Å². The van der Waals surface area contributed by atoms with Crippen molar-refractivity contribution in [2.45, 2.75) is 64.6 Å². The van der Waals surface area contributed by atoms with Gasteiger partial charge in [-0.1, -0.05) is 57.6 Å². The van der Waals surface area contributed by atoms with Crippen molar-refractivity contribution >= 4 is 10.1 Å². The maximum atomic E-state index is 11.2. The molecule has 0 radical (unpaired) electrons. The van der Waals surface area contributed by atoms with E-state index < -0.39 is 10.1 Å². The Balaban J connectivity index is 2.42. The van der Waals surface area contributed by atoms with Gasteiger partial charge in [-0.2, -0.15) is 8.42 Å². The van der Waals surface area contributed by atoms with Crippen molar-refractivity contribution in [1.29, 1.82) is 0 Å². The van der Waals surface area contributed by atoms with E-state index in [9.17, 15) is 8.42 Å². The summed E-state index contributed by atoms with van der Waals surface area (Å²) >= 11 is 0. The minimum Gasteiger partial charge on any atom is -0.497 e. The molecule has 0 aliphatic rings. The fraction of sp³-hybridized carbons (Fsp3) is 0.684. The maximum Gasteiger partial charge on any atom is 0.264 e. The number of hydrogen-bond donors (Lipinski definition) is 0. The summed E-state index contributed by atoms with van der Waals surface area (Å²) in [5, 5.41) is 0. The second-order valence-electron chi connectivity index (χ2n) is 6.33. The molecule has 0 aromatic heterocycles. The van der Waals surface area contributed by atoms with Crippen LogP contribution in [0.5, 0.6) is 5.75 Å². The van der Waals surface area contributed by atoms with E-state index in [-0.39, 0.29) is 12.7 Å². The monoisotopic (exact) mass is 372 g/mol. The van der Waals surface area contributed by atoms with Gasteiger partial charge in [0.15, 0.2) is 0 Å². The predicted octanol–water partition coefficient (Wildman–Crippen LogP) is 4.31. The predicted molar refractivity (Wildman–Crippen MR) is 100 cm³/mol. The maximum absolute atomic E-state index is 11.2. The second kappa shape index (κ2) is 12.3. The molecule has 5 nitrogen and oxygen atoms in total. The van der Waals surface area contributed by atoms with Crippen LogP contribution in [0, 0.1) is 0 Å². The Morgan fingerprint density at radius 3 is 2.24 bits per heavy atom. The molecule has 1 aromatic rings. The van der Waals surface area contributed by atoms with E-state index in [4.69, 9.17) is 13.7 Å². The fourth-order valence-electron chi connectivity index (χ4n) is 2.50. The molecule has 1 atom stereocenters. The molecular formula is C19H32O5S. The van der Waals surface area contributed by atoms with E-state index in [1.54, 1.807) is 7.11 Å². The highest BCUT2D eigenvalue weighted by atomic mass is 32.2. The first-order valence-corrected chi connectivity index (χ1v) is 10.8. The third kappa shape index (κ3) is 11.2. The van der Waals surface area contributed by atoms with Gasteiger partial charge in [0.25, 0.3) is 10.1 Å². The van der Waals surface area contributed by atoms with E-state index in [1.165, 1.54) is 25.7 Å². The van der Waals surface area contributed by atoms with E-state index in [1.807, 2.05) is 24.3 Å². The van der Waals surface area contributed by atoms with Gasteiger partial charge in [0, 0.05) is 0 Å². The van der Waals surface area contributed by atoms with Gasteiger partial charge < -0.3 is 9.47 Å². The van der Waals surface area contributed by atoms with Crippen LogP contribution < -0.4 is 4.74 Å². The van der Waals surface area contributed by atoms with Crippen molar-refractivity contribution in [3.05, 3.63) is 29.8 Å². The highest BCUT2D eigenvalue weighted by Gasteiger charge is 2.13. The summed E-state index contributed by atoms with van der Waals surface area (Å²) in [5.41, 5.74) is 1.02. The lowest BCUT2D eigenvalue weighted by atomic mass is 10.1. The van der Waals surface area contributed by atoms with Gasteiger partial charge in [0.2, 0.25) is 0 Å². The van der Waals surface area contributed by atoms with Crippen molar-refractivity contribution in [1.82, 2.24) is 0 Å². The fourth-order valence-corrected chi connectivity index (χ4v) is 2.90. The van der Waals surface area contributed by atoms with Crippen LogP contribution in [0.25, 0.3) is 0 Å². The van der Waals surface area contributed by atoms with Gasteiger partial charge in [0.05, 0.1) is 32.7 Å². The van der Waals surface area contributed by atoms with Crippen molar-refractivity contribution in [2.24, 2.45) is 0 Å². The van der Waals surface area contributed by atoms with Gasteiger partial charge in [-0.3, -0.25) is 4.18 Å². The molecule has 1 rings (SSSR count). The summed E-state index contributed by atoms with van der Waals surface area (Å²) in [6.45, 7) is 2.70. The average molecular weight is 373 g/mol. The van der Waals surface area contributed by atoms with Crippen molar-refractivity contribution in [3.63, 3.8) is 0 Å². The molecule has 144 valence electrons. The first-order valence-electron chi connectivity index (χ1n) is 9.03. The molecule has 1 aromatic carbocycles. The highest BCUT2D eigenvalue weighted by molar-refractivity contribution is 7.85. The third-order valence-corrected chi connectivity index (χ3v) is 4.56. The SMILES string of the molecule is CCCCCCCC[C@H](COS(C)(=O)=O)OCc1ccc(OC)cc1. The molecule has 0 saturated heterocycles. The Bertz CT molecular complexity index is 554. The Hall–Kier alpha value is -1.11. The quantitative estimate of drug-likeness (QED) is 0.360. The molecule has 0 saturated carbocycles. The summed E-state index contributed by atoms with van der Waals surface area (Å²) in [7, 11) is -1.82. The number of rotatable bonds is 14. The Morgan fingerprint density at radius 2 is 1.64 bits per heavy atom. The highest BCUT2D eigenvalue weighted by Crippen LogP contribution is 2.16. The lowest BCUT2D eigenvalue weighted by Crippen LogP contribution is -2.22. The largest absolute Gasteiger partial charge is 0.497 e. The van der Waals surface area contributed by atoms with Gasteiger partial charge in [-0.25, -0.2) is 0 Å². The van der Waals surface area contributed by atoms with Crippen LogP contribution in [0.2, 0.25) is 0 Å². The lowest BCUT2D eigenvalue weighted by Gasteiger charge is -2.17. The zero-order chi connectivity index (χ0) is 18.5. The van der Waals surface area contributed by atoms with Crippen LogP contribution in [0.15, 0.2) is 24.3 Å². The molecule has 0 aliphatic carbocycles. The van der Waals surface area contributed by atoms with Crippen LogP contribution in [-0.4, -0.2) is 34.5 Å². The van der Waals surface area contributed by atoms with E-state index in [2.05, 4.69) is 6.92 Å². The molecule has 0 bridgehead atoms. The van der Waals surface area contributed by atoms with Crippen LogP contribution in [0.1, 0.15) is 57.4 Å². The molecule has 0 N–H and O–H groups in total. The van der Waals surface area contributed by atoms with Crippen LogP contribution in [-0.2, 0) is 25.6 Å². The summed E-state index contributed by atoms with van der Waals surface area (Å²) in [6, 6.07) is 7.65. The van der Waals surface area contributed by atoms with Crippen molar-refractivity contribution in [2.75, 3.05) is 20.0 Å². The standard InChI is InChI=1S/C19H32O5S/c1-4-5-6-7-8-9-10-19(16-24-25(3,20)21)23-15-17-11-13-18(22-2)14-12-17/h11-14,19H,4-10,15-16H2,1-3H3/t19-/m1/s1. The van der Waals surface area contributed by atoms with Crippen LogP contribution in [0.4, 0.5) is 0 Å². The number of hydrogen-bond acceptors (Lipinski definition) is 5. The normalized spacial score (nSPS) is 12.9. The Morgan fingerprint density at radius 1 is 1.00 bits per heavy atom. The number of ether oxygens (including phenoxy) is 2. The van der Waals surface area contributed by atoms with Crippen LogP contribution in [0.3, 0.4) is 0 Å². The van der Waals surface area contributed by atoms with Gasteiger partial charge in [-0.15, -0.1) is 0 Å². The smallest absolute Gasteiger partial charge is 0.264 e. The van der Waals surface area contributed by atoms with Gasteiger partial charge in [0.1, 0.15) is 5.75 Å². The summed E-state index contributed by atoms with van der Waals surface area (Å²) in [4.78, 5) is 0. The minimum atomic E-state index is -3.45. The first kappa shape index (κ1) is 21.9. The third-order valence-electron chi connectivity index (χ3n) is 3.99. The molecular weight excluding hydrogens is 340 g/mol. The molecule has 0 heterocycles. The molecule has 25 heavy (non-hydrogen) atoms. The summed E-state index contributed by atoms with van der Waals surface area (Å²) in [5.74, 6) is 0.799. The molecule has 0 aliphatic heterocycles. The molecule has 6 heteroatoms. The van der Waals surface area contributed by atoms with Gasteiger partial charge in [-0.05, 0) is 24.1 Å². The number of benzene rings is 1.